The predicted molar refractivity (Wildman–Crippen MR) is 82.2 cm³/mol. The van der Waals surface area contributed by atoms with Crippen molar-refractivity contribution in [2.24, 2.45) is 0 Å². The number of fused-ring (bicyclic) bond motifs is 2. The van der Waals surface area contributed by atoms with Crippen LogP contribution in [0.1, 0.15) is 22.7 Å². The predicted octanol–water partition coefficient (Wildman–Crippen LogP) is 3.90. The van der Waals surface area contributed by atoms with E-state index < -0.39 is 0 Å². The van der Waals surface area contributed by atoms with E-state index >= 15 is 0 Å². The molecule has 2 heterocycles. The molecule has 96 valence electrons. The fourth-order valence-electron chi connectivity index (χ4n) is 2.88. The smallest absolute Gasteiger partial charge is 0.0775 e. The third kappa shape index (κ3) is 1.69. The molecule has 0 aliphatic carbocycles. The molecule has 2 nitrogen and oxygen atoms in total. The highest BCUT2D eigenvalue weighted by Crippen LogP contribution is 2.32. The molecule has 4 rings (SSSR count). The zero-order chi connectivity index (χ0) is 13.4. The van der Waals surface area contributed by atoms with E-state index in [1.807, 2.05) is 18.5 Å². The Bertz CT molecular complexity index is 800. The lowest BCUT2D eigenvalue weighted by molar-refractivity contribution is 0.726. The van der Waals surface area contributed by atoms with Crippen molar-refractivity contribution in [3.8, 4) is 0 Å². The molecule has 1 aliphatic heterocycles. The lowest BCUT2D eigenvalue weighted by atomic mass is 9.91. The standard InChI is InChI=1S/C18H14N2/c1-2-6-14-13(5-1)9-11-20-18(14)16-10-12-19-17-8-4-3-7-15(16)17/h1-12,18,20H. The fraction of sp³-hybridized carbons (Fsp3) is 0.0556. The fourth-order valence-corrected chi connectivity index (χ4v) is 2.88. The molecule has 0 saturated carbocycles. The maximum Gasteiger partial charge on any atom is 0.0775 e. The van der Waals surface area contributed by atoms with Crippen molar-refractivity contribution < 1.29 is 0 Å². The number of para-hydroxylation sites is 1. The van der Waals surface area contributed by atoms with E-state index in [2.05, 4.69) is 64.9 Å². The number of benzene rings is 2. The van der Waals surface area contributed by atoms with Gasteiger partial charge in [0.25, 0.3) is 0 Å². The average Bonchev–Trinajstić information content (AvgIpc) is 2.54. The molecule has 1 unspecified atom stereocenters. The number of hydrogen-bond acceptors (Lipinski definition) is 2. The van der Waals surface area contributed by atoms with E-state index in [1.54, 1.807) is 0 Å². The van der Waals surface area contributed by atoms with Gasteiger partial charge >= 0.3 is 0 Å². The molecule has 1 aromatic heterocycles. The molecule has 0 spiro atoms. The Hall–Kier alpha value is -2.61. The first kappa shape index (κ1) is 11.2. The van der Waals surface area contributed by atoms with Crippen LogP contribution in [0.2, 0.25) is 0 Å². The van der Waals surface area contributed by atoms with E-state index in [0.717, 1.165) is 5.52 Å². The van der Waals surface area contributed by atoms with Crippen LogP contribution in [0.4, 0.5) is 0 Å². The van der Waals surface area contributed by atoms with Gasteiger partial charge in [-0.1, -0.05) is 42.5 Å². The van der Waals surface area contributed by atoms with Crippen molar-refractivity contribution in [3.05, 3.63) is 83.7 Å². The van der Waals surface area contributed by atoms with E-state index in [9.17, 15) is 0 Å². The van der Waals surface area contributed by atoms with Gasteiger partial charge in [-0.2, -0.15) is 0 Å². The molecule has 0 radical (unpaired) electrons. The van der Waals surface area contributed by atoms with Gasteiger partial charge in [0.15, 0.2) is 0 Å². The van der Waals surface area contributed by atoms with Crippen LogP contribution in [-0.2, 0) is 0 Å². The third-order valence-corrected chi connectivity index (χ3v) is 3.83. The van der Waals surface area contributed by atoms with Gasteiger partial charge in [0.1, 0.15) is 0 Å². The Kier molecular flexibility index (Phi) is 2.52. The molecular weight excluding hydrogens is 244 g/mol. The van der Waals surface area contributed by atoms with Crippen LogP contribution in [0.3, 0.4) is 0 Å². The Morgan fingerprint density at radius 3 is 2.70 bits per heavy atom. The third-order valence-electron chi connectivity index (χ3n) is 3.83. The maximum atomic E-state index is 4.45. The number of aromatic nitrogens is 1. The molecule has 1 atom stereocenters. The van der Waals surface area contributed by atoms with Gasteiger partial charge in [-0.3, -0.25) is 4.98 Å². The summed E-state index contributed by atoms with van der Waals surface area (Å²) < 4.78 is 0. The monoisotopic (exact) mass is 258 g/mol. The molecule has 0 saturated heterocycles. The Morgan fingerprint density at radius 1 is 0.850 bits per heavy atom. The highest BCUT2D eigenvalue weighted by molar-refractivity contribution is 5.83. The summed E-state index contributed by atoms with van der Waals surface area (Å²) in [5.74, 6) is 0. The van der Waals surface area contributed by atoms with E-state index in [0.29, 0.717) is 0 Å². The van der Waals surface area contributed by atoms with Crippen molar-refractivity contribution in [2.75, 3.05) is 0 Å². The van der Waals surface area contributed by atoms with Gasteiger partial charge in [0, 0.05) is 11.6 Å². The van der Waals surface area contributed by atoms with Crippen molar-refractivity contribution >= 4 is 17.0 Å². The minimum atomic E-state index is 0.184. The van der Waals surface area contributed by atoms with Crippen molar-refractivity contribution in [3.63, 3.8) is 0 Å². The zero-order valence-corrected chi connectivity index (χ0v) is 11.0. The van der Waals surface area contributed by atoms with Crippen molar-refractivity contribution in [2.45, 2.75) is 6.04 Å². The molecule has 0 fully saturated rings. The topological polar surface area (TPSA) is 24.9 Å². The molecule has 1 aliphatic rings. The van der Waals surface area contributed by atoms with Crippen LogP contribution < -0.4 is 5.32 Å². The van der Waals surface area contributed by atoms with Crippen LogP contribution in [0.15, 0.2) is 67.0 Å². The summed E-state index contributed by atoms with van der Waals surface area (Å²) in [5, 5.41) is 4.68. The van der Waals surface area contributed by atoms with E-state index in [4.69, 9.17) is 0 Å². The second-order valence-electron chi connectivity index (χ2n) is 4.98. The summed E-state index contributed by atoms with van der Waals surface area (Å²) >= 11 is 0. The summed E-state index contributed by atoms with van der Waals surface area (Å²) in [6.07, 6.45) is 6.04. The second-order valence-corrected chi connectivity index (χ2v) is 4.98. The molecule has 0 amide bonds. The van der Waals surface area contributed by atoms with E-state index in [-0.39, 0.29) is 6.04 Å². The molecular formula is C18H14N2. The van der Waals surface area contributed by atoms with Crippen molar-refractivity contribution in [1.82, 2.24) is 10.3 Å². The van der Waals surface area contributed by atoms with Gasteiger partial charge in [-0.25, -0.2) is 0 Å². The number of nitrogens with zero attached hydrogens (tertiary/aromatic N) is 1. The summed E-state index contributed by atoms with van der Waals surface area (Å²) in [6.45, 7) is 0. The van der Waals surface area contributed by atoms with Crippen LogP contribution in [0, 0.1) is 0 Å². The summed E-state index contributed by atoms with van der Waals surface area (Å²) in [6, 6.07) is 19.1. The second kappa shape index (κ2) is 4.49. The summed E-state index contributed by atoms with van der Waals surface area (Å²) in [4.78, 5) is 4.45. The highest BCUT2D eigenvalue weighted by Gasteiger charge is 2.19. The van der Waals surface area contributed by atoms with Crippen LogP contribution in [0.25, 0.3) is 17.0 Å². The molecule has 2 heteroatoms. The van der Waals surface area contributed by atoms with Gasteiger partial charge in [-0.15, -0.1) is 0 Å². The largest absolute Gasteiger partial charge is 0.380 e. The first-order valence-corrected chi connectivity index (χ1v) is 6.79. The van der Waals surface area contributed by atoms with Crippen LogP contribution in [0.5, 0.6) is 0 Å². The average molecular weight is 258 g/mol. The SMILES string of the molecule is C1=Cc2ccccc2C(c2ccnc3ccccc23)N1. The molecule has 20 heavy (non-hydrogen) atoms. The zero-order valence-electron chi connectivity index (χ0n) is 11.0. The van der Waals surface area contributed by atoms with Crippen molar-refractivity contribution in [1.29, 1.82) is 0 Å². The maximum absolute atomic E-state index is 4.45. The summed E-state index contributed by atoms with van der Waals surface area (Å²) in [7, 11) is 0. The lowest BCUT2D eigenvalue weighted by Crippen LogP contribution is -2.21. The first-order chi connectivity index (χ1) is 9.93. The Labute approximate surface area is 117 Å². The normalized spacial score (nSPS) is 16.7. The molecule has 2 aromatic carbocycles. The Balaban J connectivity index is 1.95. The highest BCUT2D eigenvalue weighted by atomic mass is 14.9. The van der Waals surface area contributed by atoms with E-state index in [1.165, 1.54) is 22.1 Å². The quantitative estimate of drug-likeness (QED) is 0.716. The number of rotatable bonds is 1. The molecule has 0 bridgehead atoms. The summed E-state index contributed by atoms with van der Waals surface area (Å²) in [5.41, 5.74) is 4.90. The van der Waals surface area contributed by atoms with Gasteiger partial charge in [0.2, 0.25) is 0 Å². The first-order valence-electron chi connectivity index (χ1n) is 6.79. The number of nitrogens with one attached hydrogen (secondary N) is 1. The Morgan fingerprint density at radius 2 is 1.70 bits per heavy atom. The van der Waals surface area contributed by atoms with Gasteiger partial charge < -0.3 is 5.32 Å². The lowest BCUT2D eigenvalue weighted by Gasteiger charge is -2.25. The minimum absolute atomic E-state index is 0.184. The minimum Gasteiger partial charge on any atom is -0.380 e. The molecule has 1 N–H and O–H groups in total. The molecule has 3 aromatic rings. The van der Waals surface area contributed by atoms with Gasteiger partial charge in [0.05, 0.1) is 11.6 Å². The van der Waals surface area contributed by atoms with Crippen LogP contribution >= 0.6 is 0 Å². The van der Waals surface area contributed by atoms with Crippen LogP contribution in [-0.4, -0.2) is 4.98 Å². The number of pyridine rings is 1. The van der Waals surface area contributed by atoms with Gasteiger partial charge in [-0.05, 0) is 41.1 Å². The number of hydrogen-bond donors (Lipinski definition) is 1.